The van der Waals surface area contributed by atoms with Crippen molar-refractivity contribution in [1.82, 2.24) is 0 Å². The van der Waals surface area contributed by atoms with E-state index in [-0.39, 0.29) is 5.92 Å². The molecule has 2 rings (SSSR count). The molecule has 1 aromatic carbocycles. The lowest BCUT2D eigenvalue weighted by molar-refractivity contribution is 0.150. The molecule has 0 aliphatic carbocycles. The van der Waals surface area contributed by atoms with E-state index in [1.165, 1.54) is 5.56 Å². The van der Waals surface area contributed by atoms with Crippen molar-refractivity contribution in [3.05, 3.63) is 56.2 Å². The van der Waals surface area contributed by atoms with Gasteiger partial charge in [0.05, 0.1) is 6.10 Å². The first-order valence-electron chi connectivity index (χ1n) is 5.81. The van der Waals surface area contributed by atoms with Gasteiger partial charge in [-0.25, -0.2) is 0 Å². The molecular formula is C14H16BrNOS. The minimum Gasteiger partial charge on any atom is -0.387 e. The Bertz CT molecular complexity index is 526. The van der Waals surface area contributed by atoms with Gasteiger partial charge in [-0.3, -0.25) is 0 Å². The zero-order valence-electron chi connectivity index (χ0n) is 10.1. The van der Waals surface area contributed by atoms with E-state index in [0.717, 1.165) is 14.9 Å². The number of thiophene rings is 1. The number of aliphatic hydroxyl groups excluding tert-OH is 1. The maximum Gasteiger partial charge on any atom is 0.0973 e. The third-order valence-electron chi connectivity index (χ3n) is 3.02. The van der Waals surface area contributed by atoms with Crippen molar-refractivity contribution in [2.24, 2.45) is 5.73 Å². The molecule has 18 heavy (non-hydrogen) atoms. The molecule has 0 spiro atoms. The van der Waals surface area contributed by atoms with E-state index in [0.29, 0.717) is 6.54 Å². The Morgan fingerprint density at radius 1 is 1.39 bits per heavy atom. The molecule has 1 heterocycles. The van der Waals surface area contributed by atoms with E-state index in [4.69, 9.17) is 5.73 Å². The smallest absolute Gasteiger partial charge is 0.0973 e. The maximum absolute atomic E-state index is 10.5. The monoisotopic (exact) mass is 325 g/mol. The van der Waals surface area contributed by atoms with Gasteiger partial charge in [0, 0.05) is 21.8 Å². The third-order valence-corrected chi connectivity index (χ3v) is 4.96. The lowest BCUT2D eigenvalue weighted by Crippen LogP contribution is -2.19. The Labute approximate surface area is 120 Å². The molecule has 0 fully saturated rings. The predicted octanol–water partition coefficient (Wildman–Crippen LogP) is 3.59. The Morgan fingerprint density at radius 3 is 2.72 bits per heavy atom. The van der Waals surface area contributed by atoms with Crippen LogP contribution in [-0.4, -0.2) is 11.7 Å². The van der Waals surface area contributed by atoms with Gasteiger partial charge in [-0.1, -0.05) is 29.8 Å². The highest BCUT2D eigenvalue weighted by atomic mass is 79.9. The van der Waals surface area contributed by atoms with Crippen molar-refractivity contribution in [1.29, 1.82) is 0 Å². The van der Waals surface area contributed by atoms with Crippen LogP contribution in [-0.2, 0) is 0 Å². The molecule has 2 atom stereocenters. The van der Waals surface area contributed by atoms with Crippen molar-refractivity contribution in [2.75, 3.05) is 6.54 Å². The fraction of sp³-hybridized carbons (Fsp3) is 0.286. The van der Waals surface area contributed by atoms with Gasteiger partial charge in [-0.2, -0.15) is 0 Å². The van der Waals surface area contributed by atoms with Gasteiger partial charge >= 0.3 is 0 Å². The van der Waals surface area contributed by atoms with Crippen LogP contribution in [0.25, 0.3) is 0 Å². The summed E-state index contributed by atoms with van der Waals surface area (Å²) in [7, 11) is 0. The van der Waals surface area contributed by atoms with Gasteiger partial charge in [0.1, 0.15) is 0 Å². The van der Waals surface area contributed by atoms with Crippen molar-refractivity contribution < 1.29 is 5.11 Å². The lowest BCUT2D eigenvalue weighted by atomic mass is 9.91. The third kappa shape index (κ3) is 2.83. The van der Waals surface area contributed by atoms with Crippen LogP contribution in [0, 0.1) is 6.92 Å². The molecule has 0 saturated carbocycles. The van der Waals surface area contributed by atoms with Crippen molar-refractivity contribution in [2.45, 2.75) is 18.9 Å². The normalized spacial score (nSPS) is 14.4. The lowest BCUT2D eigenvalue weighted by Gasteiger charge is -2.21. The van der Waals surface area contributed by atoms with E-state index >= 15 is 0 Å². The van der Waals surface area contributed by atoms with E-state index in [2.05, 4.69) is 22.0 Å². The number of nitrogens with two attached hydrogens (primary N) is 1. The minimum atomic E-state index is -0.564. The number of rotatable bonds is 4. The second-order valence-electron chi connectivity index (χ2n) is 4.33. The van der Waals surface area contributed by atoms with Crippen LogP contribution in [0.3, 0.4) is 0 Å². The molecule has 0 saturated heterocycles. The van der Waals surface area contributed by atoms with Crippen LogP contribution in [0.4, 0.5) is 0 Å². The maximum atomic E-state index is 10.5. The first-order valence-corrected chi connectivity index (χ1v) is 7.48. The molecule has 0 amide bonds. The summed E-state index contributed by atoms with van der Waals surface area (Å²) in [5, 5.41) is 12.5. The number of halogens is 1. The molecular weight excluding hydrogens is 310 g/mol. The van der Waals surface area contributed by atoms with Crippen LogP contribution in [0.2, 0.25) is 0 Å². The zero-order chi connectivity index (χ0) is 13.1. The number of aliphatic hydroxyl groups is 1. The van der Waals surface area contributed by atoms with E-state index in [1.54, 1.807) is 11.3 Å². The average molecular weight is 326 g/mol. The molecule has 2 nitrogen and oxygen atoms in total. The largest absolute Gasteiger partial charge is 0.387 e. The molecule has 3 N–H and O–H groups in total. The Hall–Kier alpha value is -0.680. The SMILES string of the molecule is Cc1cccc(C(CN)C(O)c2sccc2Br)c1. The first kappa shape index (κ1) is 13.7. The van der Waals surface area contributed by atoms with Crippen molar-refractivity contribution in [3.63, 3.8) is 0 Å². The summed E-state index contributed by atoms with van der Waals surface area (Å²) >= 11 is 5.01. The zero-order valence-corrected chi connectivity index (χ0v) is 12.5. The number of benzene rings is 1. The van der Waals surface area contributed by atoms with Crippen LogP contribution < -0.4 is 5.73 Å². The highest BCUT2D eigenvalue weighted by Gasteiger charge is 2.24. The van der Waals surface area contributed by atoms with Crippen LogP contribution in [0.15, 0.2) is 40.2 Å². The predicted molar refractivity (Wildman–Crippen MR) is 80.0 cm³/mol. The molecule has 0 aliphatic heterocycles. The summed E-state index contributed by atoms with van der Waals surface area (Å²) in [6, 6.07) is 10.1. The average Bonchev–Trinajstić information content (AvgIpc) is 2.76. The highest BCUT2D eigenvalue weighted by Crippen LogP contribution is 2.37. The fourth-order valence-corrected chi connectivity index (χ4v) is 3.70. The first-order chi connectivity index (χ1) is 8.63. The summed E-state index contributed by atoms with van der Waals surface area (Å²) in [4.78, 5) is 0.937. The number of hydrogen-bond donors (Lipinski definition) is 2. The van der Waals surface area contributed by atoms with E-state index in [1.807, 2.05) is 36.6 Å². The second kappa shape index (κ2) is 5.97. The summed E-state index contributed by atoms with van der Waals surface area (Å²) in [5.74, 6) is -0.0696. The fourth-order valence-electron chi connectivity index (χ4n) is 2.05. The van der Waals surface area contributed by atoms with Gasteiger partial charge < -0.3 is 10.8 Å². The quantitative estimate of drug-likeness (QED) is 0.902. The van der Waals surface area contributed by atoms with Gasteiger partial charge in [-0.05, 0) is 39.9 Å². The standard InChI is InChI=1S/C14H16BrNOS/c1-9-3-2-4-10(7-9)11(8-16)13(17)14-12(15)5-6-18-14/h2-7,11,13,17H,8,16H2,1H3. The minimum absolute atomic E-state index is 0.0696. The molecule has 2 unspecified atom stereocenters. The molecule has 0 radical (unpaired) electrons. The number of hydrogen-bond acceptors (Lipinski definition) is 3. The van der Waals surface area contributed by atoms with Crippen molar-refractivity contribution >= 4 is 27.3 Å². The molecule has 1 aromatic heterocycles. The second-order valence-corrected chi connectivity index (χ2v) is 6.14. The van der Waals surface area contributed by atoms with Crippen molar-refractivity contribution in [3.8, 4) is 0 Å². The Morgan fingerprint density at radius 2 is 2.17 bits per heavy atom. The van der Waals surface area contributed by atoms with Crippen LogP contribution >= 0.6 is 27.3 Å². The Kier molecular flexibility index (Phi) is 4.56. The van der Waals surface area contributed by atoms with E-state index < -0.39 is 6.10 Å². The van der Waals surface area contributed by atoms with Gasteiger partial charge in [0.2, 0.25) is 0 Å². The molecule has 4 heteroatoms. The van der Waals surface area contributed by atoms with Crippen LogP contribution in [0.5, 0.6) is 0 Å². The molecule has 0 aliphatic rings. The summed E-state index contributed by atoms with van der Waals surface area (Å²) in [6.45, 7) is 2.47. The highest BCUT2D eigenvalue weighted by molar-refractivity contribution is 9.10. The van der Waals surface area contributed by atoms with E-state index in [9.17, 15) is 5.11 Å². The Balaban J connectivity index is 2.32. The van der Waals surface area contributed by atoms with Gasteiger partial charge in [0.15, 0.2) is 0 Å². The summed E-state index contributed by atoms with van der Waals surface area (Å²) < 4.78 is 0.950. The summed E-state index contributed by atoms with van der Waals surface area (Å²) in [6.07, 6.45) is -0.564. The van der Waals surface area contributed by atoms with Gasteiger partial charge in [-0.15, -0.1) is 11.3 Å². The molecule has 96 valence electrons. The number of aryl methyl sites for hydroxylation is 1. The van der Waals surface area contributed by atoms with Crippen LogP contribution in [0.1, 0.15) is 28.0 Å². The topological polar surface area (TPSA) is 46.2 Å². The van der Waals surface area contributed by atoms with Gasteiger partial charge in [0.25, 0.3) is 0 Å². The molecule has 0 bridgehead atoms. The summed E-state index contributed by atoms with van der Waals surface area (Å²) in [5.41, 5.74) is 8.11. The molecule has 2 aromatic rings.